The fourth-order valence-electron chi connectivity index (χ4n) is 2.06. The van der Waals surface area contributed by atoms with E-state index in [1.807, 2.05) is 12.1 Å². The van der Waals surface area contributed by atoms with Gasteiger partial charge in [-0.25, -0.2) is 5.10 Å². The number of benzene rings is 2. The molecule has 0 aliphatic heterocycles. The fourth-order valence-corrected chi connectivity index (χ4v) is 2.46. The van der Waals surface area contributed by atoms with Gasteiger partial charge in [0, 0.05) is 23.3 Å². The van der Waals surface area contributed by atoms with Crippen molar-refractivity contribution < 1.29 is 4.92 Å². The van der Waals surface area contributed by atoms with Crippen LogP contribution < -0.4 is 0 Å². The summed E-state index contributed by atoms with van der Waals surface area (Å²) in [6, 6.07) is 13.3. The number of halogens is 1. The highest BCUT2D eigenvalue weighted by molar-refractivity contribution is 7.71. The first-order valence-electron chi connectivity index (χ1n) is 6.77. The zero-order valence-electron chi connectivity index (χ0n) is 12.1. The van der Waals surface area contributed by atoms with Crippen molar-refractivity contribution in [2.24, 2.45) is 5.10 Å². The Hall–Kier alpha value is -2.84. The predicted octanol–water partition coefficient (Wildman–Crippen LogP) is 4.05. The summed E-state index contributed by atoms with van der Waals surface area (Å²) in [4.78, 5) is 10.4. The summed E-state index contributed by atoms with van der Waals surface area (Å²) in [7, 11) is 0. The molecule has 0 spiro atoms. The predicted molar refractivity (Wildman–Crippen MR) is 93.9 cm³/mol. The van der Waals surface area contributed by atoms with Crippen LogP contribution in [-0.2, 0) is 0 Å². The molecular weight excluding hydrogens is 350 g/mol. The number of H-pyrrole nitrogens is 1. The number of nitro benzene ring substituents is 1. The molecule has 0 aliphatic rings. The minimum absolute atomic E-state index is 0.0129. The lowest BCUT2D eigenvalue weighted by molar-refractivity contribution is -0.384. The van der Waals surface area contributed by atoms with E-state index < -0.39 is 4.92 Å². The second-order valence-corrected chi connectivity index (χ2v) is 5.53. The highest BCUT2D eigenvalue weighted by atomic mass is 35.5. The Balaban J connectivity index is 2.01. The summed E-state index contributed by atoms with van der Waals surface area (Å²) >= 11 is 11.4. The molecule has 2 aromatic carbocycles. The van der Waals surface area contributed by atoms with E-state index in [-0.39, 0.29) is 10.5 Å². The average Bonchev–Trinajstić information content (AvgIpc) is 2.94. The van der Waals surface area contributed by atoms with E-state index in [4.69, 9.17) is 23.8 Å². The number of nitro groups is 1. The standard InChI is InChI=1S/C15H10ClN5O2S/c16-13-7-2-1-6-12(13)14-18-19-15(24)20(14)17-9-10-4-3-5-11(8-10)21(22)23/h1-9H,(H,19,24). The van der Waals surface area contributed by atoms with Crippen molar-refractivity contribution in [3.05, 3.63) is 74.0 Å². The van der Waals surface area contributed by atoms with Gasteiger partial charge in [0.15, 0.2) is 5.82 Å². The monoisotopic (exact) mass is 359 g/mol. The van der Waals surface area contributed by atoms with Crippen molar-refractivity contribution in [2.75, 3.05) is 0 Å². The molecule has 0 atom stereocenters. The van der Waals surface area contributed by atoms with Crippen LogP contribution in [0.25, 0.3) is 11.4 Å². The number of nitrogens with zero attached hydrogens (tertiary/aromatic N) is 4. The Kier molecular flexibility index (Phi) is 4.50. The van der Waals surface area contributed by atoms with Crippen LogP contribution in [0.15, 0.2) is 53.6 Å². The molecule has 1 aromatic heterocycles. The number of aromatic amines is 1. The Morgan fingerprint density at radius 1 is 1.29 bits per heavy atom. The number of rotatable bonds is 4. The summed E-state index contributed by atoms with van der Waals surface area (Å²) in [5.74, 6) is 0.451. The van der Waals surface area contributed by atoms with Gasteiger partial charge >= 0.3 is 0 Å². The van der Waals surface area contributed by atoms with Gasteiger partial charge in [0.25, 0.3) is 5.69 Å². The largest absolute Gasteiger partial charge is 0.270 e. The highest BCUT2D eigenvalue weighted by Crippen LogP contribution is 2.25. The van der Waals surface area contributed by atoms with Gasteiger partial charge in [-0.1, -0.05) is 35.9 Å². The second-order valence-electron chi connectivity index (χ2n) is 4.74. The lowest BCUT2D eigenvalue weighted by Gasteiger charge is -2.03. The molecule has 3 aromatic rings. The SMILES string of the molecule is O=[N+]([O-])c1cccc(C=Nn2c(-c3ccccc3Cl)n[nH]c2=S)c1. The van der Waals surface area contributed by atoms with Gasteiger partial charge in [-0.15, -0.1) is 0 Å². The van der Waals surface area contributed by atoms with Crippen molar-refractivity contribution in [3.8, 4) is 11.4 Å². The Labute approximate surface area is 146 Å². The Morgan fingerprint density at radius 3 is 2.83 bits per heavy atom. The van der Waals surface area contributed by atoms with Gasteiger partial charge in [-0.2, -0.15) is 14.9 Å². The molecule has 1 heterocycles. The third-order valence-electron chi connectivity index (χ3n) is 3.17. The summed E-state index contributed by atoms with van der Waals surface area (Å²) < 4.78 is 1.70. The van der Waals surface area contributed by atoms with Crippen molar-refractivity contribution in [3.63, 3.8) is 0 Å². The van der Waals surface area contributed by atoms with Crippen LogP contribution in [0.3, 0.4) is 0 Å². The lowest BCUT2D eigenvalue weighted by Crippen LogP contribution is -1.96. The van der Waals surface area contributed by atoms with Crippen molar-refractivity contribution in [1.82, 2.24) is 14.9 Å². The lowest BCUT2D eigenvalue weighted by atomic mass is 10.2. The first kappa shape index (κ1) is 16.0. The molecule has 0 saturated carbocycles. The second kappa shape index (κ2) is 6.73. The fraction of sp³-hybridized carbons (Fsp3) is 0. The number of non-ortho nitro benzene ring substituents is 1. The van der Waals surface area contributed by atoms with Crippen LogP contribution in [-0.4, -0.2) is 26.0 Å². The molecule has 120 valence electrons. The van der Waals surface area contributed by atoms with E-state index in [0.29, 0.717) is 22.0 Å². The molecule has 0 radical (unpaired) electrons. The van der Waals surface area contributed by atoms with Gasteiger partial charge in [0.1, 0.15) is 0 Å². The molecule has 0 bridgehead atoms. The first-order valence-corrected chi connectivity index (χ1v) is 7.56. The summed E-state index contributed by atoms with van der Waals surface area (Å²) in [5.41, 5.74) is 1.22. The van der Waals surface area contributed by atoms with Crippen LogP contribution in [0.2, 0.25) is 5.02 Å². The molecule has 0 aliphatic carbocycles. The van der Waals surface area contributed by atoms with Crippen molar-refractivity contribution in [2.45, 2.75) is 0 Å². The zero-order chi connectivity index (χ0) is 17.1. The van der Waals surface area contributed by atoms with Gasteiger partial charge in [-0.05, 0) is 24.4 Å². The molecule has 3 rings (SSSR count). The van der Waals surface area contributed by atoms with E-state index in [1.54, 1.807) is 24.3 Å². The zero-order valence-corrected chi connectivity index (χ0v) is 13.7. The van der Waals surface area contributed by atoms with E-state index in [0.717, 1.165) is 0 Å². The quantitative estimate of drug-likeness (QED) is 0.329. The Bertz CT molecular complexity index is 995. The maximum absolute atomic E-state index is 10.8. The van der Waals surface area contributed by atoms with Crippen LogP contribution in [0.1, 0.15) is 5.56 Å². The molecule has 0 saturated heterocycles. The van der Waals surface area contributed by atoms with Crippen LogP contribution in [0.4, 0.5) is 5.69 Å². The molecular formula is C15H10ClN5O2S. The van der Waals surface area contributed by atoms with Gasteiger partial charge in [0.2, 0.25) is 4.77 Å². The van der Waals surface area contributed by atoms with E-state index in [1.165, 1.54) is 23.0 Å². The molecule has 24 heavy (non-hydrogen) atoms. The minimum atomic E-state index is -0.462. The number of hydrogen-bond acceptors (Lipinski definition) is 5. The molecule has 1 N–H and O–H groups in total. The molecule has 0 fully saturated rings. The summed E-state index contributed by atoms with van der Waals surface area (Å²) in [6.45, 7) is 0. The van der Waals surface area contributed by atoms with Crippen molar-refractivity contribution in [1.29, 1.82) is 0 Å². The molecule has 9 heteroatoms. The van der Waals surface area contributed by atoms with Gasteiger partial charge in [0.05, 0.1) is 16.2 Å². The number of hydrogen-bond donors (Lipinski definition) is 1. The Morgan fingerprint density at radius 2 is 2.08 bits per heavy atom. The molecule has 7 nitrogen and oxygen atoms in total. The average molecular weight is 360 g/mol. The maximum Gasteiger partial charge on any atom is 0.270 e. The number of aromatic nitrogens is 3. The summed E-state index contributed by atoms with van der Waals surface area (Å²) in [6.07, 6.45) is 1.47. The topological polar surface area (TPSA) is 89.1 Å². The number of nitrogens with one attached hydrogen (secondary N) is 1. The highest BCUT2D eigenvalue weighted by Gasteiger charge is 2.11. The normalized spacial score (nSPS) is 11.0. The van der Waals surface area contributed by atoms with Gasteiger partial charge < -0.3 is 0 Å². The van der Waals surface area contributed by atoms with E-state index in [2.05, 4.69) is 15.3 Å². The van der Waals surface area contributed by atoms with Crippen LogP contribution in [0.5, 0.6) is 0 Å². The van der Waals surface area contributed by atoms with Crippen LogP contribution >= 0.6 is 23.8 Å². The molecule has 0 unspecified atom stereocenters. The smallest absolute Gasteiger partial charge is 0.258 e. The minimum Gasteiger partial charge on any atom is -0.258 e. The molecule has 0 amide bonds. The van der Waals surface area contributed by atoms with E-state index >= 15 is 0 Å². The third-order valence-corrected chi connectivity index (χ3v) is 3.76. The van der Waals surface area contributed by atoms with Gasteiger partial charge in [-0.3, -0.25) is 10.1 Å². The summed E-state index contributed by atoms with van der Waals surface area (Å²) in [5, 5.41) is 22.4. The third kappa shape index (κ3) is 3.24. The van der Waals surface area contributed by atoms with Crippen LogP contribution in [0, 0.1) is 14.9 Å². The first-order chi connectivity index (χ1) is 11.6. The van der Waals surface area contributed by atoms with Crippen molar-refractivity contribution >= 4 is 35.7 Å². The maximum atomic E-state index is 10.8. The van der Waals surface area contributed by atoms with E-state index in [9.17, 15) is 10.1 Å².